The number of methoxy groups -OCH3 is 1. The van der Waals surface area contributed by atoms with Crippen molar-refractivity contribution in [2.75, 3.05) is 17.6 Å². The van der Waals surface area contributed by atoms with Crippen molar-refractivity contribution < 1.29 is 13.2 Å². The molecule has 5 nitrogen and oxygen atoms in total. The van der Waals surface area contributed by atoms with E-state index >= 15 is 0 Å². The van der Waals surface area contributed by atoms with Gasteiger partial charge in [0.2, 0.25) is 0 Å². The molecule has 0 saturated heterocycles. The number of nitrogens with one attached hydrogen (secondary N) is 1. The highest BCUT2D eigenvalue weighted by molar-refractivity contribution is 14.1. The highest BCUT2D eigenvalue weighted by atomic mass is 127. The van der Waals surface area contributed by atoms with E-state index in [-0.39, 0.29) is 4.90 Å². The molecule has 0 aliphatic rings. The molecule has 3 N–H and O–H groups in total. The zero-order chi connectivity index (χ0) is 14.8. The summed E-state index contributed by atoms with van der Waals surface area (Å²) in [4.78, 5) is 0.100. The van der Waals surface area contributed by atoms with Crippen LogP contribution in [0.4, 0.5) is 11.4 Å². The Morgan fingerprint density at radius 1 is 1.20 bits per heavy atom. The highest BCUT2D eigenvalue weighted by Crippen LogP contribution is 2.27. The van der Waals surface area contributed by atoms with Gasteiger partial charge in [0.15, 0.2) is 0 Å². The average Bonchev–Trinajstić information content (AvgIpc) is 2.41. The van der Waals surface area contributed by atoms with Crippen molar-refractivity contribution in [2.45, 2.75) is 4.90 Å². The second-order valence-corrected chi connectivity index (χ2v) is 6.83. The van der Waals surface area contributed by atoms with Crippen LogP contribution in [0, 0.1) is 3.57 Å². The smallest absolute Gasteiger partial charge is 0.262 e. The van der Waals surface area contributed by atoms with E-state index in [1.165, 1.54) is 25.3 Å². The third-order valence-electron chi connectivity index (χ3n) is 2.63. The van der Waals surface area contributed by atoms with Gasteiger partial charge in [-0.3, -0.25) is 4.72 Å². The summed E-state index contributed by atoms with van der Waals surface area (Å²) < 4.78 is 33.0. The topological polar surface area (TPSA) is 81.4 Å². The van der Waals surface area contributed by atoms with Gasteiger partial charge < -0.3 is 10.5 Å². The van der Waals surface area contributed by atoms with Gasteiger partial charge in [0.25, 0.3) is 10.0 Å². The molecule has 0 amide bonds. The first-order chi connectivity index (χ1) is 9.44. The number of nitrogens with two attached hydrogens (primary N) is 1. The molecule has 0 heterocycles. The molecule has 0 aliphatic heterocycles. The number of hydrogen-bond acceptors (Lipinski definition) is 4. The first kappa shape index (κ1) is 14.9. The van der Waals surface area contributed by atoms with E-state index in [1.54, 1.807) is 12.1 Å². The van der Waals surface area contributed by atoms with Crippen LogP contribution in [-0.4, -0.2) is 15.5 Å². The molecule has 0 radical (unpaired) electrons. The van der Waals surface area contributed by atoms with Gasteiger partial charge >= 0.3 is 0 Å². The Balaban J connectivity index is 2.38. The molecule has 2 aromatic carbocycles. The highest BCUT2D eigenvalue weighted by Gasteiger charge is 2.17. The number of anilines is 2. The predicted molar refractivity (Wildman–Crippen MR) is 87.4 cm³/mol. The maximum absolute atomic E-state index is 12.3. The van der Waals surface area contributed by atoms with Crippen LogP contribution in [-0.2, 0) is 10.0 Å². The van der Waals surface area contributed by atoms with Crippen LogP contribution in [0.25, 0.3) is 0 Å². The second-order valence-electron chi connectivity index (χ2n) is 3.99. The summed E-state index contributed by atoms with van der Waals surface area (Å²) in [5, 5.41) is 0. The molecule has 0 aliphatic carbocycles. The Kier molecular flexibility index (Phi) is 4.39. The fourth-order valence-electron chi connectivity index (χ4n) is 1.61. The van der Waals surface area contributed by atoms with Crippen LogP contribution in [0.15, 0.2) is 47.4 Å². The standard InChI is InChI=1S/C13H13IN2O3S/c1-19-13-8-9(6-7-11(13)15)20(17,18)16-12-5-3-2-4-10(12)14/h2-8,16H,15H2,1H3. The van der Waals surface area contributed by atoms with E-state index in [1.807, 2.05) is 12.1 Å². The minimum atomic E-state index is -3.68. The molecule has 0 bridgehead atoms. The molecular weight excluding hydrogens is 391 g/mol. The Morgan fingerprint density at radius 3 is 2.55 bits per heavy atom. The summed E-state index contributed by atoms with van der Waals surface area (Å²) in [5.74, 6) is 0.329. The minimum Gasteiger partial charge on any atom is -0.495 e. The third kappa shape index (κ3) is 3.15. The van der Waals surface area contributed by atoms with Crippen LogP contribution in [0.2, 0.25) is 0 Å². The zero-order valence-corrected chi connectivity index (χ0v) is 13.6. The molecule has 0 fully saturated rings. The number of ether oxygens (including phenoxy) is 1. The number of para-hydroxylation sites is 1. The fraction of sp³-hybridized carbons (Fsp3) is 0.0769. The Morgan fingerprint density at radius 2 is 1.90 bits per heavy atom. The quantitative estimate of drug-likeness (QED) is 0.607. The van der Waals surface area contributed by atoms with Gasteiger partial charge in [0.1, 0.15) is 5.75 Å². The number of benzene rings is 2. The van der Waals surface area contributed by atoms with Crippen molar-refractivity contribution in [2.24, 2.45) is 0 Å². The van der Waals surface area contributed by atoms with Crippen molar-refractivity contribution in [1.29, 1.82) is 0 Å². The van der Waals surface area contributed by atoms with Gasteiger partial charge in [0.05, 0.1) is 23.4 Å². The lowest BCUT2D eigenvalue weighted by Crippen LogP contribution is -2.14. The number of rotatable bonds is 4. The molecular formula is C13H13IN2O3S. The van der Waals surface area contributed by atoms with Gasteiger partial charge in [-0.05, 0) is 46.9 Å². The van der Waals surface area contributed by atoms with E-state index in [2.05, 4.69) is 27.3 Å². The van der Waals surface area contributed by atoms with Crippen molar-refractivity contribution in [3.8, 4) is 5.75 Å². The monoisotopic (exact) mass is 404 g/mol. The van der Waals surface area contributed by atoms with Crippen LogP contribution in [0.1, 0.15) is 0 Å². The molecule has 7 heteroatoms. The molecule has 0 spiro atoms. The second kappa shape index (κ2) is 5.88. The van der Waals surface area contributed by atoms with Crippen LogP contribution in [0.5, 0.6) is 5.75 Å². The third-order valence-corrected chi connectivity index (χ3v) is 4.94. The molecule has 0 atom stereocenters. The number of hydrogen-bond donors (Lipinski definition) is 2. The van der Waals surface area contributed by atoms with Crippen LogP contribution < -0.4 is 15.2 Å². The SMILES string of the molecule is COc1cc(S(=O)(=O)Nc2ccccc2I)ccc1N. The Hall–Kier alpha value is -1.48. The van der Waals surface area contributed by atoms with E-state index in [4.69, 9.17) is 10.5 Å². The van der Waals surface area contributed by atoms with Crippen molar-refractivity contribution in [1.82, 2.24) is 0 Å². The van der Waals surface area contributed by atoms with Gasteiger partial charge in [0, 0.05) is 9.64 Å². The summed E-state index contributed by atoms with van der Waals surface area (Å²) >= 11 is 2.07. The number of halogens is 1. The van der Waals surface area contributed by atoms with Gasteiger partial charge in [-0.25, -0.2) is 8.42 Å². The predicted octanol–water partition coefficient (Wildman–Crippen LogP) is 2.68. The van der Waals surface area contributed by atoms with Gasteiger partial charge in [-0.2, -0.15) is 0 Å². The summed E-state index contributed by atoms with van der Waals surface area (Å²) in [6, 6.07) is 11.5. The van der Waals surface area contributed by atoms with E-state index in [9.17, 15) is 8.42 Å². The van der Waals surface area contributed by atoms with E-state index in [0.717, 1.165) is 3.57 Å². The first-order valence-electron chi connectivity index (χ1n) is 5.65. The van der Waals surface area contributed by atoms with Crippen LogP contribution in [0.3, 0.4) is 0 Å². The Bertz CT molecular complexity index is 732. The number of nitrogen functional groups attached to an aromatic ring is 1. The molecule has 2 aromatic rings. The largest absolute Gasteiger partial charge is 0.495 e. The normalized spacial score (nSPS) is 11.1. The zero-order valence-electron chi connectivity index (χ0n) is 10.6. The molecule has 20 heavy (non-hydrogen) atoms. The molecule has 0 aromatic heterocycles. The first-order valence-corrected chi connectivity index (χ1v) is 8.21. The minimum absolute atomic E-state index is 0.100. The van der Waals surface area contributed by atoms with Gasteiger partial charge in [-0.1, -0.05) is 12.1 Å². The maximum Gasteiger partial charge on any atom is 0.262 e. The van der Waals surface area contributed by atoms with Crippen LogP contribution >= 0.6 is 22.6 Å². The lowest BCUT2D eigenvalue weighted by molar-refractivity contribution is 0.415. The van der Waals surface area contributed by atoms with E-state index in [0.29, 0.717) is 17.1 Å². The molecule has 106 valence electrons. The maximum atomic E-state index is 12.3. The van der Waals surface area contributed by atoms with Crippen molar-refractivity contribution in [3.63, 3.8) is 0 Å². The summed E-state index contributed by atoms with van der Waals surface area (Å²) in [5.41, 5.74) is 6.60. The average molecular weight is 404 g/mol. The lowest BCUT2D eigenvalue weighted by Gasteiger charge is -2.11. The molecule has 0 unspecified atom stereocenters. The van der Waals surface area contributed by atoms with Crippen molar-refractivity contribution >= 4 is 44.0 Å². The molecule has 2 rings (SSSR count). The number of sulfonamides is 1. The van der Waals surface area contributed by atoms with Crippen molar-refractivity contribution in [3.05, 3.63) is 46.0 Å². The van der Waals surface area contributed by atoms with Gasteiger partial charge in [-0.15, -0.1) is 0 Å². The lowest BCUT2D eigenvalue weighted by atomic mass is 10.3. The molecule has 0 saturated carbocycles. The summed E-state index contributed by atoms with van der Waals surface area (Å²) in [7, 11) is -2.24. The summed E-state index contributed by atoms with van der Waals surface area (Å²) in [6.45, 7) is 0. The Labute approximate surface area is 131 Å². The summed E-state index contributed by atoms with van der Waals surface area (Å²) in [6.07, 6.45) is 0. The van der Waals surface area contributed by atoms with E-state index < -0.39 is 10.0 Å². The fourth-order valence-corrected chi connectivity index (χ4v) is 3.41.